The van der Waals surface area contributed by atoms with Crippen molar-refractivity contribution in [1.29, 1.82) is 0 Å². The monoisotopic (exact) mass is 380 g/mol. The standard InChI is InChI=1S/C19H20N6OS/c1-11(2)14-5-7-15(8-6-14)17-21-16(26-24-17)10-27-19-23-22-18-20-12(3)9-13(4)25(18)19/h5-9,11H,10H2,1-4H3. The lowest BCUT2D eigenvalue weighted by atomic mass is 10.0. The van der Waals surface area contributed by atoms with Crippen LogP contribution in [0.2, 0.25) is 0 Å². The fourth-order valence-corrected chi connectivity index (χ4v) is 3.69. The first-order valence-corrected chi connectivity index (χ1v) is 9.75. The smallest absolute Gasteiger partial charge is 0.256 e. The van der Waals surface area contributed by atoms with Gasteiger partial charge < -0.3 is 4.52 Å². The summed E-state index contributed by atoms with van der Waals surface area (Å²) in [6.07, 6.45) is 0. The van der Waals surface area contributed by atoms with Gasteiger partial charge in [0.05, 0.1) is 5.75 Å². The van der Waals surface area contributed by atoms with Crippen LogP contribution in [0.5, 0.6) is 0 Å². The molecule has 8 heteroatoms. The largest absolute Gasteiger partial charge is 0.338 e. The molecule has 0 aliphatic carbocycles. The molecule has 0 atom stereocenters. The molecule has 0 aliphatic heterocycles. The number of thioether (sulfide) groups is 1. The van der Waals surface area contributed by atoms with Crippen molar-refractivity contribution in [3.8, 4) is 11.4 Å². The number of nitrogens with zero attached hydrogens (tertiary/aromatic N) is 6. The third kappa shape index (κ3) is 3.57. The van der Waals surface area contributed by atoms with Crippen LogP contribution in [-0.2, 0) is 5.75 Å². The molecule has 0 radical (unpaired) electrons. The fraction of sp³-hybridized carbons (Fsp3) is 0.316. The summed E-state index contributed by atoms with van der Waals surface area (Å²) in [5, 5.41) is 13.2. The Hall–Kier alpha value is -2.74. The first-order chi connectivity index (χ1) is 13.0. The van der Waals surface area contributed by atoms with E-state index in [0.717, 1.165) is 22.1 Å². The van der Waals surface area contributed by atoms with Crippen molar-refractivity contribution < 1.29 is 4.52 Å². The molecule has 0 saturated heterocycles. The van der Waals surface area contributed by atoms with Crippen LogP contribution in [0.15, 0.2) is 40.0 Å². The summed E-state index contributed by atoms with van der Waals surface area (Å²) >= 11 is 1.50. The molecule has 1 aromatic carbocycles. The number of benzene rings is 1. The Morgan fingerprint density at radius 2 is 1.85 bits per heavy atom. The van der Waals surface area contributed by atoms with Crippen LogP contribution in [0.3, 0.4) is 0 Å². The maximum absolute atomic E-state index is 5.40. The van der Waals surface area contributed by atoms with Gasteiger partial charge in [0.2, 0.25) is 11.7 Å². The van der Waals surface area contributed by atoms with Crippen LogP contribution in [0.4, 0.5) is 0 Å². The van der Waals surface area contributed by atoms with Gasteiger partial charge >= 0.3 is 0 Å². The lowest BCUT2D eigenvalue weighted by Crippen LogP contribution is -1.97. The van der Waals surface area contributed by atoms with E-state index in [-0.39, 0.29) is 0 Å². The molecule has 0 fully saturated rings. The van der Waals surface area contributed by atoms with E-state index in [0.29, 0.717) is 29.2 Å². The second-order valence-corrected chi connectivity index (χ2v) is 7.68. The molecule has 0 bridgehead atoms. The zero-order valence-corrected chi connectivity index (χ0v) is 16.5. The minimum absolute atomic E-state index is 0.496. The SMILES string of the molecule is Cc1cc(C)n2c(SCc3nc(-c4ccc(C(C)C)cc4)no3)nnc2n1. The van der Waals surface area contributed by atoms with Gasteiger partial charge in [0.1, 0.15) is 0 Å². The Balaban J connectivity index is 1.50. The van der Waals surface area contributed by atoms with Crippen molar-refractivity contribution >= 4 is 17.5 Å². The molecule has 27 heavy (non-hydrogen) atoms. The van der Waals surface area contributed by atoms with Crippen LogP contribution in [0.1, 0.15) is 42.6 Å². The van der Waals surface area contributed by atoms with Crippen molar-refractivity contribution in [1.82, 2.24) is 29.7 Å². The predicted octanol–water partition coefficient (Wildman–Crippen LogP) is 4.21. The van der Waals surface area contributed by atoms with Crippen LogP contribution >= 0.6 is 11.8 Å². The second-order valence-electron chi connectivity index (χ2n) is 6.73. The predicted molar refractivity (Wildman–Crippen MR) is 104 cm³/mol. The summed E-state index contributed by atoms with van der Waals surface area (Å²) in [6.45, 7) is 8.31. The van der Waals surface area contributed by atoms with Crippen molar-refractivity contribution in [2.45, 2.75) is 44.5 Å². The Labute approximate surface area is 161 Å². The number of aromatic nitrogens is 6. The summed E-state index contributed by atoms with van der Waals surface area (Å²) in [5.41, 5.74) is 4.20. The first-order valence-electron chi connectivity index (χ1n) is 8.76. The number of aryl methyl sites for hydroxylation is 2. The molecule has 0 amide bonds. The molecular formula is C19H20N6OS. The Morgan fingerprint density at radius 3 is 2.59 bits per heavy atom. The van der Waals surface area contributed by atoms with E-state index in [1.807, 2.05) is 36.4 Å². The minimum Gasteiger partial charge on any atom is -0.338 e. The Kier molecular flexibility index (Phi) is 4.65. The van der Waals surface area contributed by atoms with E-state index < -0.39 is 0 Å². The van der Waals surface area contributed by atoms with Gasteiger partial charge in [0, 0.05) is 17.0 Å². The summed E-state index contributed by atoms with van der Waals surface area (Å²) in [4.78, 5) is 8.90. The highest BCUT2D eigenvalue weighted by atomic mass is 32.2. The third-order valence-corrected chi connectivity index (χ3v) is 5.21. The highest BCUT2D eigenvalue weighted by Crippen LogP contribution is 2.24. The number of hydrogen-bond acceptors (Lipinski definition) is 7. The molecule has 4 rings (SSSR count). The van der Waals surface area contributed by atoms with Gasteiger partial charge in [-0.15, -0.1) is 10.2 Å². The summed E-state index contributed by atoms with van der Waals surface area (Å²) in [6, 6.07) is 10.3. The lowest BCUT2D eigenvalue weighted by Gasteiger charge is -2.04. The van der Waals surface area contributed by atoms with Gasteiger partial charge in [-0.25, -0.2) is 4.98 Å². The summed E-state index contributed by atoms with van der Waals surface area (Å²) in [5.74, 6) is 2.77. The third-order valence-electron chi connectivity index (χ3n) is 4.29. The highest BCUT2D eigenvalue weighted by Gasteiger charge is 2.14. The average molecular weight is 380 g/mol. The van der Waals surface area contributed by atoms with E-state index in [4.69, 9.17) is 4.52 Å². The van der Waals surface area contributed by atoms with Crippen molar-refractivity contribution in [2.75, 3.05) is 0 Å². The van der Waals surface area contributed by atoms with Crippen LogP contribution < -0.4 is 0 Å². The number of hydrogen-bond donors (Lipinski definition) is 0. The van der Waals surface area contributed by atoms with Gasteiger partial charge in [-0.1, -0.05) is 55.0 Å². The van der Waals surface area contributed by atoms with Crippen molar-refractivity contribution in [3.05, 3.63) is 53.2 Å². The first kappa shape index (κ1) is 17.7. The van der Waals surface area contributed by atoms with E-state index in [1.54, 1.807) is 0 Å². The number of rotatable bonds is 5. The van der Waals surface area contributed by atoms with Crippen LogP contribution in [-0.4, -0.2) is 29.7 Å². The molecule has 0 aliphatic rings. The topological polar surface area (TPSA) is 82.0 Å². The maximum atomic E-state index is 5.40. The molecule has 0 saturated carbocycles. The molecule has 7 nitrogen and oxygen atoms in total. The normalized spacial score (nSPS) is 11.6. The molecule has 3 aromatic heterocycles. The van der Waals surface area contributed by atoms with Gasteiger partial charge in [-0.2, -0.15) is 4.98 Å². The summed E-state index contributed by atoms with van der Waals surface area (Å²) in [7, 11) is 0. The molecule has 3 heterocycles. The van der Waals surface area contributed by atoms with Gasteiger partial charge in [0.15, 0.2) is 5.16 Å². The number of fused-ring (bicyclic) bond motifs is 1. The quantitative estimate of drug-likeness (QED) is 0.480. The molecule has 0 spiro atoms. The van der Waals surface area contributed by atoms with E-state index in [1.165, 1.54) is 17.3 Å². The second kappa shape index (κ2) is 7.11. The van der Waals surface area contributed by atoms with Crippen LogP contribution in [0, 0.1) is 13.8 Å². The van der Waals surface area contributed by atoms with E-state index >= 15 is 0 Å². The molecule has 4 aromatic rings. The fourth-order valence-electron chi connectivity index (χ4n) is 2.87. The molecule has 138 valence electrons. The van der Waals surface area contributed by atoms with Crippen molar-refractivity contribution in [2.24, 2.45) is 0 Å². The van der Waals surface area contributed by atoms with E-state index in [9.17, 15) is 0 Å². The Bertz CT molecular complexity index is 1080. The highest BCUT2D eigenvalue weighted by molar-refractivity contribution is 7.98. The minimum atomic E-state index is 0.496. The summed E-state index contributed by atoms with van der Waals surface area (Å²) < 4.78 is 7.33. The maximum Gasteiger partial charge on any atom is 0.256 e. The zero-order valence-electron chi connectivity index (χ0n) is 15.7. The van der Waals surface area contributed by atoms with Gasteiger partial charge in [-0.3, -0.25) is 4.40 Å². The van der Waals surface area contributed by atoms with Gasteiger partial charge in [-0.05, 0) is 31.4 Å². The van der Waals surface area contributed by atoms with Gasteiger partial charge in [0.25, 0.3) is 5.78 Å². The molecular weight excluding hydrogens is 360 g/mol. The van der Waals surface area contributed by atoms with Crippen molar-refractivity contribution in [3.63, 3.8) is 0 Å². The van der Waals surface area contributed by atoms with Crippen LogP contribution in [0.25, 0.3) is 17.2 Å². The lowest BCUT2D eigenvalue weighted by molar-refractivity contribution is 0.391. The Morgan fingerprint density at radius 1 is 1.07 bits per heavy atom. The molecule has 0 unspecified atom stereocenters. The molecule has 0 N–H and O–H groups in total. The van der Waals surface area contributed by atoms with E-state index in [2.05, 4.69) is 51.3 Å². The zero-order chi connectivity index (χ0) is 19.0. The average Bonchev–Trinajstić information content (AvgIpc) is 3.27.